The van der Waals surface area contributed by atoms with E-state index >= 15 is 0 Å². The first-order valence-electron chi connectivity index (χ1n) is 9.11. The number of amides is 3. The maximum absolute atomic E-state index is 12.5. The van der Waals surface area contributed by atoms with Gasteiger partial charge in [0.05, 0.1) is 6.04 Å². The zero-order chi connectivity index (χ0) is 22.7. The Morgan fingerprint density at radius 2 is 1.45 bits per heavy atom. The van der Waals surface area contributed by atoms with Crippen LogP contribution in [0.4, 0.5) is 0 Å². The minimum atomic E-state index is -1.28. The molecular formula is C17H30N4O7S. The van der Waals surface area contributed by atoms with Crippen LogP contribution in [-0.4, -0.2) is 69.8 Å². The lowest BCUT2D eigenvalue weighted by Crippen LogP contribution is -2.56. The molecule has 0 fully saturated rings. The summed E-state index contributed by atoms with van der Waals surface area (Å²) in [6.07, 6.45) is -0.221. The second kappa shape index (κ2) is 13.0. The van der Waals surface area contributed by atoms with Crippen molar-refractivity contribution >= 4 is 42.3 Å². The van der Waals surface area contributed by atoms with Crippen LogP contribution >= 0.6 is 12.6 Å². The van der Waals surface area contributed by atoms with Crippen LogP contribution in [0.5, 0.6) is 0 Å². The molecule has 12 heteroatoms. The first-order chi connectivity index (χ1) is 13.4. The molecular weight excluding hydrogens is 404 g/mol. The molecule has 4 atom stereocenters. The van der Waals surface area contributed by atoms with Crippen molar-refractivity contribution in [1.29, 1.82) is 0 Å². The van der Waals surface area contributed by atoms with Gasteiger partial charge in [0.2, 0.25) is 17.7 Å². The van der Waals surface area contributed by atoms with E-state index in [-0.39, 0.29) is 24.5 Å². The molecule has 7 N–H and O–H groups in total. The van der Waals surface area contributed by atoms with Crippen LogP contribution in [0.25, 0.3) is 0 Å². The van der Waals surface area contributed by atoms with Crippen molar-refractivity contribution in [2.24, 2.45) is 11.7 Å². The molecule has 0 rings (SSSR count). The van der Waals surface area contributed by atoms with E-state index in [0.29, 0.717) is 6.42 Å². The van der Waals surface area contributed by atoms with Gasteiger partial charge in [-0.15, -0.1) is 0 Å². The molecule has 0 bridgehead atoms. The summed E-state index contributed by atoms with van der Waals surface area (Å²) in [4.78, 5) is 58.5. The highest BCUT2D eigenvalue weighted by atomic mass is 32.1. The van der Waals surface area contributed by atoms with Gasteiger partial charge in [0.15, 0.2) is 0 Å². The Morgan fingerprint density at radius 3 is 1.90 bits per heavy atom. The minimum absolute atomic E-state index is 0.139. The molecule has 0 aromatic heterocycles. The third-order valence-electron chi connectivity index (χ3n) is 3.89. The Bertz CT molecular complexity index is 615. The maximum atomic E-state index is 12.5. The summed E-state index contributed by atoms with van der Waals surface area (Å²) >= 11 is 3.83. The number of thiol groups is 1. The Balaban J connectivity index is 5.05. The van der Waals surface area contributed by atoms with E-state index in [1.54, 1.807) is 0 Å². The maximum Gasteiger partial charge on any atom is 0.327 e. The number of aliphatic carboxylic acids is 2. The Kier molecular flexibility index (Phi) is 11.9. The van der Waals surface area contributed by atoms with Crippen LogP contribution in [0.1, 0.15) is 40.0 Å². The van der Waals surface area contributed by atoms with Gasteiger partial charge in [-0.2, -0.15) is 12.6 Å². The molecule has 3 amide bonds. The zero-order valence-electron chi connectivity index (χ0n) is 16.7. The normalized spacial score (nSPS) is 15.0. The summed E-state index contributed by atoms with van der Waals surface area (Å²) in [5.74, 6) is -4.60. The molecule has 0 aliphatic heterocycles. The van der Waals surface area contributed by atoms with Crippen LogP contribution in [0.15, 0.2) is 0 Å². The third-order valence-corrected chi connectivity index (χ3v) is 4.26. The van der Waals surface area contributed by atoms with E-state index in [9.17, 15) is 24.0 Å². The summed E-state index contributed by atoms with van der Waals surface area (Å²) < 4.78 is 0. The highest BCUT2D eigenvalue weighted by molar-refractivity contribution is 7.80. The zero-order valence-corrected chi connectivity index (χ0v) is 17.6. The molecule has 0 aliphatic rings. The predicted molar refractivity (Wildman–Crippen MR) is 107 cm³/mol. The number of carbonyl (C=O) groups excluding carboxylic acids is 3. The van der Waals surface area contributed by atoms with Gasteiger partial charge < -0.3 is 31.9 Å². The molecule has 0 aliphatic carbocycles. The molecule has 11 nitrogen and oxygen atoms in total. The van der Waals surface area contributed by atoms with Gasteiger partial charge in [0.25, 0.3) is 0 Å². The average Bonchev–Trinajstić information content (AvgIpc) is 2.61. The Hall–Kier alpha value is -2.34. The molecule has 0 saturated heterocycles. The van der Waals surface area contributed by atoms with Gasteiger partial charge in [-0.25, -0.2) is 4.79 Å². The molecule has 0 aromatic carbocycles. The van der Waals surface area contributed by atoms with Crippen molar-refractivity contribution in [3.05, 3.63) is 0 Å². The first kappa shape index (κ1) is 26.7. The molecule has 0 heterocycles. The molecule has 0 spiro atoms. The second-order valence-corrected chi connectivity index (χ2v) is 7.41. The molecule has 0 aromatic rings. The van der Waals surface area contributed by atoms with E-state index in [4.69, 9.17) is 15.9 Å². The molecule has 0 radical (unpaired) electrons. The second-order valence-electron chi connectivity index (χ2n) is 7.04. The molecule has 4 unspecified atom stereocenters. The molecule has 0 saturated carbocycles. The van der Waals surface area contributed by atoms with E-state index in [1.165, 1.54) is 6.92 Å². The highest BCUT2D eigenvalue weighted by Gasteiger charge is 2.28. The quantitative estimate of drug-likeness (QED) is 0.174. The number of hydrogen-bond acceptors (Lipinski definition) is 7. The summed E-state index contributed by atoms with van der Waals surface area (Å²) in [5, 5.41) is 24.8. The number of nitrogens with one attached hydrogen (secondary N) is 3. The van der Waals surface area contributed by atoms with Gasteiger partial charge in [0, 0.05) is 12.2 Å². The van der Waals surface area contributed by atoms with Crippen molar-refractivity contribution < 1.29 is 34.2 Å². The van der Waals surface area contributed by atoms with Crippen LogP contribution in [-0.2, 0) is 24.0 Å². The van der Waals surface area contributed by atoms with Crippen molar-refractivity contribution in [2.45, 2.75) is 64.2 Å². The average molecular weight is 435 g/mol. The SMILES string of the molecule is CC(C)CC(N)C(=O)NC(CCC(=O)O)C(=O)NC(C)C(=O)NC(CS)C(=O)O. The number of carbonyl (C=O) groups is 5. The monoisotopic (exact) mass is 434 g/mol. The third kappa shape index (κ3) is 10.7. The van der Waals surface area contributed by atoms with E-state index < -0.39 is 53.8 Å². The summed E-state index contributed by atoms with van der Waals surface area (Å²) in [6, 6.07) is -4.45. The Labute approximate surface area is 174 Å². The Morgan fingerprint density at radius 1 is 0.897 bits per heavy atom. The molecule has 166 valence electrons. The lowest BCUT2D eigenvalue weighted by Gasteiger charge is -2.23. The summed E-state index contributed by atoms with van der Waals surface area (Å²) in [6.45, 7) is 5.07. The van der Waals surface area contributed by atoms with Crippen molar-refractivity contribution in [1.82, 2.24) is 16.0 Å². The lowest BCUT2D eigenvalue weighted by atomic mass is 10.0. The van der Waals surface area contributed by atoms with Gasteiger partial charge in [-0.05, 0) is 25.7 Å². The van der Waals surface area contributed by atoms with Crippen molar-refractivity contribution in [3.63, 3.8) is 0 Å². The fraction of sp³-hybridized carbons (Fsp3) is 0.706. The number of rotatable bonds is 13. The predicted octanol–water partition coefficient (Wildman–Crippen LogP) is -1.29. The van der Waals surface area contributed by atoms with Crippen LogP contribution in [0, 0.1) is 5.92 Å². The fourth-order valence-corrected chi connectivity index (χ4v) is 2.54. The van der Waals surface area contributed by atoms with E-state index in [2.05, 4.69) is 28.6 Å². The van der Waals surface area contributed by atoms with Crippen LogP contribution < -0.4 is 21.7 Å². The number of carboxylic acid groups (broad SMARTS) is 2. The standard InChI is InChI=1S/C17H30N4O7S/c1-8(2)6-10(18)15(25)20-11(4-5-13(22)23)16(26)19-9(3)14(24)21-12(7-29)17(27)28/h8-12,29H,4-7,18H2,1-3H3,(H,19,26)(H,20,25)(H,21,24)(H,22,23)(H,27,28). The molecule has 29 heavy (non-hydrogen) atoms. The number of nitrogens with two attached hydrogens (primary N) is 1. The van der Waals surface area contributed by atoms with Gasteiger partial charge >= 0.3 is 11.9 Å². The van der Waals surface area contributed by atoms with Crippen LogP contribution in [0.2, 0.25) is 0 Å². The van der Waals surface area contributed by atoms with Crippen molar-refractivity contribution in [3.8, 4) is 0 Å². The largest absolute Gasteiger partial charge is 0.481 e. The van der Waals surface area contributed by atoms with Gasteiger partial charge in [-0.3, -0.25) is 19.2 Å². The number of hydrogen-bond donors (Lipinski definition) is 7. The van der Waals surface area contributed by atoms with Crippen molar-refractivity contribution in [2.75, 3.05) is 5.75 Å². The topological polar surface area (TPSA) is 188 Å². The summed E-state index contributed by atoms with van der Waals surface area (Å²) in [7, 11) is 0. The van der Waals surface area contributed by atoms with Crippen LogP contribution in [0.3, 0.4) is 0 Å². The van der Waals surface area contributed by atoms with E-state index in [1.807, 2.05) is 13.8 Å². The fourth-order valence-electron chi connectivity index (χ4n) is 2.29. The van der Waals surface area contributed by atoms with Gasteiger partial charge in [0.1, 0.15) is 18.1 Å². The summed E-state index contributed by atoms with van der Waals surface area (Å²) in [5.41, 5.74) is 5.78. The van der Waals surface area contributed by atoms with E-state index in [0.717, 1.165) is 0 Å². The first-order valence-corrected chi connectivity index (χ1v) is 9.74. The lowest BCUT2D eigenvalue weighted by molar-refractivity contribution is -0.141. The van der Waals surface area contributed by atoms with Gasteiger partial charge in [-0.1, -0.05) is 13.8 Å². The number of carboxylic acids is 2. The highest BCUT2D eigenvalue weighted by Crippen LogP contribution is 2.05. The minimum Gasteiger partial charge on any atom is -0.481 e. The smallest absolute Gasteiger partial charge is 0.327 e.